The van der Waals surface area contributed by atoms with E-state index in [1.165, 1.54) is 0 Å². The van der Waals surface area contributed by atoms with Crippen LogP contribution >= 0.6 is 0 Å². The van der Waals surface area contributed by atoms with E-state index in [-0.39, 0.29) is 5.91 Å². The Labute approximate surface area is 118 Å². The molecule has 20 heavy (non-hydrogen) atoms. The lowest BCUT2D eigenvalue weighted by Crippen LogP contribution is -2.15. The first kappa shape index (κ1) is 14.2. The van der Waals surface area contributed by atoms with Crippen molar-refractivity contribution in [2.45, 2.75) is 26.8 Å². The van der Waals surface area contributed by atoms with E-state index in [1.54, 1.807) is 23.1 Å². The molecule has 0 radical (unpaired) electrons. The van der Waals surface area contributed by atoms with Gasteiger partial charge in [0.1, 0.15) is 0 Å². The maximum Gasteiger partial charge on any atom is 0.259 e. The Bertz CT molecular complexity index is 605. The molecule has 0 saturated carbocycles. The molecule has 0 atom stereocenters. The van der Waals surface area contributed by atoms with E-state index in [2.05, 4.69) is 15.4 Å². The molecule has 0 aliphatic rings. The molecule has 0 unspecified atom stereocenters. The topological polar surface area (TPSA) is 85.8 Å². The summed E-state index contributed by atoms with van der Waals surface area (Å²) in [6.07, 6.45) is 4.12. The summed E-state index contributed by atoms with van der Waals surface area (Å²) in [4.78, 5) is 16.4. The van der Waals surface area contributed by atoms with Crippen LogP contribution in [0.3, 0.4) is 0 Å². The van der Waals surface area contributed by atoms with Gasteiger partial charge in [-0.25, -0.2) is 0 Å². The van der Waals surface area contributed by atoms with Gasteiger partial charge in [-0.3, -0.25) is 14.5 Å². The smallest absolute Gasteiger partial charge is 0.259 e. The molecule has 1 amide bonds. The fourth-order valence-corrected chi connectivity index (χ4v) is 1.94. The Morgan fingerprint density at radius 3 is 2.95 bits per heavy atom. The number of nitrogens with zero attached hydrogens (tertiary/aromatic N) is 3. The molecule has 2 heterocycles. The molecular weight excluding hydrogens is 254 g/mol. The average molecular weight is 273 g/mol. The highest BCUT2D eigenvalue weighted by Gasteiger charge is 2.14. The van der Waals surface area contributed by atoms with Gasteiger partial charge in [-0.05, 0) is 38.9 Å². The van der Waals surface area contributed by atoms with Crippen LogP contribution in [0.4, 0.5) is 5.69 Å². The Balaban J connectivity index is 2.14. The third-order valence-corrected chi connectivity index (χ3v) is 3.18. The van der Waals surface area contributed by atoms with Crippen LogP contribution in [0.1, 0.15) is 28.2 Å². The van der Waals surface area contributed by atoms with Crippen molar-refractivity contribution in [2.75, 3.05) is 11.9 Å². The number of hydrogen-bond acceptors (Lipinski definition) is 4. The van der Waals surface area contributed by atoms with Crippen molar-refractivity contribution in [2.24, 2.45) is 5.73 Å². The molecule has 0 spiro atoms. The second kappa shape index (κ2) is 6.29. The second-order valence-electron chi connectivity index (χ2n) is 4.60. The number of rotatable bonds is 5. The zero-order valence-corrected chi connectivity index (χ0v) is 11.8. The van der Waals surface area contributed by atoms with Crippen LogP contribution in [-0.4, -0.2) is 27.2 Å². The lowest BCUT2D eigenvalue weighted by atomic mass is 10.2. The summed E-state index contributed by atoms with van der Waals surface area (Å²) in [6, 6.07) is 3.62. The van der Waals surface area contributed by atoms with Crippen LogP contribution in [0, 0.1) is 13.8 Å². The number of nitrogens with two attached hydrogens (primary N) is 1. The molecule has 2 aromatic heterocycles. The number of carbonyl (C=O) groups excluding carboxylic acids is 1. The average Bonchev–Trinajstić information content (AvgIpc) is 2.80. The minimum atomic E-state index is -0.169. The van der Waals surface area contributed by atoms with Gasteiger partial charge >= 0.3 is 0 Å². The lowest BCUT2D eigenvalue weighted by molar-refractivity contribution is 0.102. The van der Waals surface area contributed by atoms with Gasteiger partial charge in [0.25, 0.3) is 5.91 Å². The molecule has 6 nitrogen and oxygen atoms in total. The van der Waals surface area contributed by atoms with Gasteiger partial charge in [0.2, 0.25) is 0 Å². The van der Waals surface area contributed by atoms with Crippen LogP contribution in [0.2, 0.25) is 0 Å². The summed E-state index contributed by atoms with van der Waals surface area (Å²) in [5, 5.41) is 7.08. The number of pyridine rings is 1. The van der Waals surface area contributed by atoms with Crippen LogP contribution in [0.5, 0.6) is 0 Å². The Morgan fingerprint density at radius 2 is 2.25 bits per heavy atom. The highest BCUT2D eigenvalue weighted by atomic mass is 16.1. The minimum Gasteiger partial charge on any atom is -0.330 e. The summed E-state index contributed by atoms with van der Waals surface area (Å²) in [7, 11) is 0. The van der Waals surface area contributed by atoms with Gasteiger partial charge in [-0.1, -0.05) is 0 Å². The van der Waals surface area contributed by atoms with Crippen LogP contribution in [0.15, 0.2) is 24.5 Å². The Morgan fingerprint density at radius 1 is 1.45 bits per heavy atom. The molecule has 0 saturated heterocycles. The highest BCUT2D eigenvalue weighted by molar-refractivity contribution is 6.05. The fourth-order valence-electron chi connectivity index (χ4n) is 1.94. The predicted molar refractivity (Wildman–Crippen MR) is 77.6 cm³/mol. The molecule has 0 aromatic carbocycles. The Kier molecular flexibility index (Phi) is 4.47. The molecule has 2 aromatic rings. The van der Waals surface area contributed by atoms with Gasteiger partial charge in [0, 0.05) is 18.4 Å². The normalized spacial score (nSPS) is 10.6. The number of aromatic nitrogens is 3. The number of hydrogen-bond donors (Lipinski definition) is 2. The number of nitrogens with one attached hydrogen (secondary N) is 1. The van der Waals surface area contributed by atoms with Crippen molar-refractivity contribution in [1.29, 1.82) is 0 Å². The molecule has 106 valence electrons. The van der Waals surface area contributed by atoms with Crippen molar-refractivity contribution in [1.82, 2.24) is 14.8 Å². The molecule has 2 rings (SSSR count). The maximum absolute atomic E-state index is 12.3. The lowest BCUT2D eigenvalue weighted by Gasteiger charge is -2.07. The molecule has 0 bridgehead atoms. The van der Waals surface area contributed by atoms with E-state index in [1.807, 2.05) is 19.9 Å². The number of amides is 1. The summed E-state index contributed by atoms with van der Waals surface area (Å²) >= 11 is 0. The van der Waals surface area contributed by atoms with E-state index >= 15 is 0 Å². The minimum absolute atomic E-state index is 0.169. The predicted octanol–water partition coefficient (Wildman–Crippen LogP) is 1.50. The van der Waals surface area contributed by atoms with Crippen molar-refractivity contribution in [3.8, 4) is 0 Å². The third kappa shape index (κ3) is 3.03. The summed E-state index contributed by atoms with van der Waals surface area (Å²) in [5.74, 6) is -0.169. The van der Waals surface area contributed by atoms with Crippen LogP contribution < -0.4 is 11.1 Å². The van der Waals surface area contributed by atoms with E-state index in [9.17, 15) is 4.79 Å². The first-order valence-electron chi connectivity index (χ1n) is 6.59. The highest BCUT2D eigenvalue weighted by Crippen LogP contribution is 2.14. The monoisotopic (exact) mass is 273 g/mol. The first-order valence-corrected chi connectivity index (χ1v) is 6.59. The molecule has 6 heteroatoms. The number of carbonyl (C=O) groups is 1. The van der Waals surface area contributed by atoms with Gasteiger partial charge in [-0.2, -0.15) is 5.10 Å². The standard InChI is InChI=1S/C14H19N5O/c1-10-13(5-3-7-16-10)18-14(20)12-9-17-19(11(12)2)8-4-6-15/h3,5,7,9H,4,6,8,15H2,1-2H3,(H,18,20). The van der Waals surface area contributed by atoms with Gasteiger partial charge in [0.05, 0.1) is 23.1 Å². The summed E-state index contributed by atoms with van der Waals surface area (Å²) < 4.78 is 1.80. The van der Waals surface area contributed by atoms with Gasteiger partial charge < -0.3 is 11.1 Å². The zero-order chi connectivity index (χ0) is 14.5. The van der Waals surface area contributed by atoms with Crippen molar-refractivity contribution in [3.63, 3.8) is 0 Å². The molecule has 0 aliphatic heterocycles. The van der Waals surface area contributed by atoms with E-state index < -0.39 is 0 Å². The van der Waals surface area contributed by atoms with E-state index in [0.29, 0.717) is 17.8 Å². The van der Waals surface area contributed by atoms with E-state index in [0.717, 1.165) is 24.4 Å². The summed E-state index contributed by atoms with van der Waals surface area (Å²) in [6.45, 7) is 5.07. The quantitative estimate of drug-likeness (QED) is 0.864. The molecule has 0 aliphatic carbocycles. The second-order valence-corrected chi connectivity index (χ2v) is 4.60. The van der Waals surface area contributed by atoms with Crippen molar-refractivity contribution >= 4 is 11.6 Å². The third-order valence-electron chi connectivity index (χ3n) is 3.18. The Hall–Kier alpha value is -2.21. The van der Waals surface area contributed by atoms with Gasteiger partial charge in [-0.15, -0.1) is 0 Å². The summed E-state index contributed by atoms with van der Waals surface area (Å²) in [5.41, 5.74) is 8.40. The zero-order valence-electron chi connectivity index (χ0n) is 11.8. The first-order chi connectivity index (χ1) is 9.63. The molecule has 3 N–H and O–H groups in total. The number of anilines is 1. The van der Waals surface area contributed by atoms with Crippen molar-refractivity contribution in [3.05, 3.63) is 41.5 Å². The van der Waals surface area contributed by atoms with Crippen LogP contribution in [0.25, 0.3) is 0 Å². The van der Waals surface area contributed by atoms with Gasteiger partial charge in [0.15, 0.2) is 0 Å². The molecular formula is C14H19N5O. The largest absolute Gasteiger partial charge is 0.330 e. The SMILES string of the molecule is Cc1ncccc1NC(=O)c1cnn(CCCN)c1C. The molecule has 0 fully saturated rings. The number of aryl methyl sites for hydroxylation is 2. The fraction of sp³-hybridized carbons (Fsp3) is 0.357. The maximum atomic E-state index is 12.3. The van der Waals surface area contributed by atoms with E-state index in [4.69, 9.17) is 5.73 Å². The van der Waals surface area contributed by atoms with Crippen molar-refractivity contribution < 1.29 is 4.79 Å². The van der Waals surface area contributed by atoms with Crippen LogP contribution in [-0.2, 0) is 6.54 Å².